The second kappa shape index (κ2) is 8.33. The number of amides is 1. The van der Waals surface area contributed by atoms with E-state index in [4.69, 9.17) is 4.74 Å². The number of carbonyl (C=O) groups excluding carboxylic acids is 1. The van der Waals surface area contributed by atoms with Crippen LogP contribution in [0.5, 0.6) is 0 Å². The van der Waals surface area contributed by atoms with Crippen molar-refractivity contribution in [1.82, 2.24) is 14.9 Å². The van der Waals surface area contributed by atoms with Crippen molar-refractivity contribution in [3.63, 3.8) is 0 Å². The van der Waals surface area contributed by atoms with E-state index in [1.54, 1.807) is 0 Å². The molecule has 0 saturated carbocycles. The quantitative estimate of drug-likeness (QED) is 0.824. The van der Waals surface area contributed by atoms with Gasteiger partial charge in [-0.05, 0) is 25.0 Å². The molecule has 0 saturated heterocycles. The zero-order chi connectivity index (χ0) is 18.6. The minimum absolute atomic E-state index is 0.0192. The molecular weight excluding hydrogens is 348 g/mol. The largest absolute Gasteiger partial charge is 0.441 e. The van der Waals surface area contributed by atoms with E-state index < -0.39 is 17.7 Å². The van der Waals surface area contributed by atoms with Crippen LogP contribution in [-0.4, -0.2) is 22.7 Å². The van der Waals surface area contributed by atoms with Crippen molar-refractivity contribution < 1.29 is 18.3 Å². The van der Waals surface area contributed by atoms with Gasteiger partial charge in [0, 0.05) is 24.6 Å². The lowest BCUT2D eigenvalue weighted by molar-refractivity contribution is 0.137. The first-order chi connectivity index (χ1) is 11.8. The Morgan fingerprint density at radius 1 is 1.32 bits per heavy atom. The lowest BCUT2D eigenvalue weighted by Crippen LogP contribution is -2.20. The number of imidazole rings is 1. The molecule has 0 atom stereocenters. The average molecular weight is 369 g/mol. The summed E-state index contributed by atoms with van der Waals surface area (Å²) < 4.78 is 34.0. The summed E-state index contributed by atoms with van der Waals surface area (Å²) in [6, 6.07) is 3.41. The highest BCUT2D eigenvalue weighted by Gasteiger charge is 2.21. The number of rotatable bonds is 6. The fraction of sp³-hybridized carbons (Fsp3) is 0.412. The molecule has 0 fully saturated rings. The molecule has 0 aliphatic heterocycles. The molecule has 2 aromatic rings. The Morgan fingerprint density at radius 2 is 1.96 bits per heavy atom. The highest BCUT2D eigenvalue weighted by Crippen LogP contribution is 2.35. The van der Waals surface area contributed by atoms with Crippen LogP contribution in [0.1, 0.15) is 38.2 Å². The standard InChI is InChI=1S/C17H21F2N3O2S/c1-5-22-14(9-24-17(23)20-4)21-15(10(2)3)16(22)25-13-7-11(18)6-12(19)8-13/h6-8,10H,5,9H2,1-4H3,(H,20,23). The van der Waals surface area contributed by atoms with Gasteiger partial charge in [-0.3, -0.25) is 0 Å². The molecule has 0 aliphatic carbocycles. The lowest BCUT2D eigenvalue weighted by atomic mass is 10.1. The first kappa shape index (κ1) is 19.2. The topological polar surface area (TPSA) is 56.1 Å². The number of benzene rings is 1. The second-order valence-corrected chi connectivity index (χ2v) is 6.71. The van der Waals surface area contributed by atoms with Crippen LogP contribution in [-0.2, 0) is 17.9 Å². The Bertz CT molecular complexity index is 742. The highest BCUT2D eigenvalue weighted by molar-refractivity contribution is 7.99. The number of alkyl carbamates (subject to hydrolysis) is 1. The van der Waals surface area contributed by atoms with Gasteiger partial charge in [0.1, 0.15) is 22.5 Å². The molecule has 0 radical (unpaired) electrons. The maximum atomic E-state index is 13.5. The molecular formula is C17H21F2N3O2S. The van der Waals surface area contributed by atoms with E-state index in [2.05, 4.69) is 10.3 Å². The number of carbonyl (C=O) groups is 1. The Balaban J connectivity index is 2.40. The fourth-order valence-electron chi connectivity index (χ4n) is 2.32. The Kier molecular flexibility index (Phi) is 6.41. The van der Waals surface area contributed by atoms with Gasteiger partial charge < -0.3 is 14.6 Å². The van der Waals surface area contributed by atoms with Crippen LogP contribution in [0.15, 0.2) is 28.1 Å². The molecule has 0 aliphatic rings. The molecule has 0 unspecified atom stereocenters. The first-order valence-electron chi connectivity index (χ1n) is 7.93. The van der Waals surface area contributed by atoms with Gasteiger partial charge in [0.05, 0.1) is 5.69 Å². The van der Waals surface area contributed by atoms with E-state index in [0.29, 0.717) is 17.3 Å². The molecule has 1 aromatic carbocycles. The molecule has 136 valence electrons. The molecule has 0 spiro atoms. The maximum Gasteiger partial charge on any atom is 0.407 e. The van der Waals surface area contributed by atoms with Crippen LogP contribution in [0.2, 0.25) is 0 Å². The third kappa shape index (κ3) is 4.72. The highest BCUT2D eigenvalue weighted by atomic mass is 32.2. The Labute approximate surface area is 149 Å². The summed E-state index contributed by atoms with van der Waals surface area (Å²) in [5.74, 6) is -0.555. The summed E-state index contributed by atoms with van der Waals surface area (Å²) >= 11 is 1.25. The number of hydrogen-bond acceptors (Lipinski definition) is 4. The maximum absolute atomic E-state index is 13.5. The molecule has 1 aromatic heterocycles. The summed E-state index contributed by atoms with van der Waals surface area (Å²) in [5, 5.41) is 3.17. The molecule has 1 N–H and O–H groups in total. The molecule has 5 nitrogen and oxygen atoms in total. The van der Waals surface area contributed by atoms with Crippen molar-refractivity contribution in [2.45, 2.75) is 49.8 Å². The number of halogens is 2. The lowest BCUT2D eigenvalue weighted by Gasteiger charge is -2.11. The van der Waals surface area contributed by atoms with Gasteiger partial charge in [-0.1, -0.05) is 25.6 Å². The van der Waals surface area contributed by atoms with E-state index in [1.165, 1.54) is 30.9 Å². The summed E-state index contributed by atoms with van der Waals surface area (Å²) in [6.45, 7) is 6.52. The SMILES string of the molecule is CCn1c(COC(=O)NC)nc(C(C)C)c1Sc1cc(F)cc(F)c1. The van der Waals surface area contributed by atoms with Gasteiger partial charge in [-0.25, -0.2) is 18.6 Å². The van der Waals surface area contributed by atoms with Crippen molar-refractivity contribution in [1.29, 1.82) is 0 Å². The van der Waals surface area contributed by atoms with Crippen molar-refractivity contribution in [3.05, 3.63) is 41.4 Å². The Hall–Kier alpha value is -2.09. The predicted molar refractivity (Wildman–Crippen MR) is 91.7 cm³/mol. The third-order valence-corrected chi connectivity index (χ3v) is 4.57. The molecule has 25 heavy (non-hydrogen) atoms. The average Bonchev–Trinajstić information content (AvgIpc) is 2.89. The predicted octanol–water partition coefficient (Wildman–Crippen LogP) is 4.31. The van der Waals surface area contributed by atoms with Crippen molar-refractivity contribution in [2.75, 3.05) is 7.05 Å². The van der Waals surface area contributed by atoms with Crippen LogP contribution >= 0.6 is 11.8 Å². The summed E-state index contributed by atoms with van der Waals surface area (Å²) in [6.07, 6.45) is -0.543. The van der Waals surface area contributed by atoms with E-state index in [9.17, 15) is 13.6 Å². The van der Waals surface area contributed by atoms with Gasteiger partial charge in [0.15, 0.2) is 6.61 Å². The first-order valence-corrected chi connectivity index (χ1v) is 8.75. The van der Waals surface area contributed by atoms with Crippen LogP contribution in [0.4, 0.5) is 13.6 Å². The van der Waals surface area contributed by atoms with Crippen LogP contribution < -0.4 is 5.32 Å². The van der Waals surface area contributed by atoms with Gasteiger partial charge in [0.2, 0.25) is 0 Å². The zero-order valence-electron chi connectivity index (χ0n) is 14.6. The van der Waals surface area contributed by atoms with E-state index in [0.717, 1.165) is 16.8 Å². The monoisotopic (exact) mass is 369 g/mol. The van der Waals surface area contributed by atoms with E-state index >= 15 is 0 Å². The van der Waals surface area contributed by atoms with Crippen LogP contribution in [0, 0.1) is 11.6 Å². The minimum Gasteiger partial charge on any atom is -0.441 e. The molecule has 8 heteroatoms. The number of nitrogens with one attached hydrogen (secondary N) is 1. The Morgan fingerprint density at radius 3 is 2.48 bits per heavy atom. The van der Waals surface area contributed by atoms with Gasteiger partial charge in [-0.2, -0.15) is 0 Å². The molecule has 1 heterocycles. The minimum atomic E-state index is -0.626. The number of aromatic nitrogens is 2. The van der Waals surface area contributed by atoms with E-state index in [1.807, 2.05) is 25.3 Å². The third-order valence-electron chi connectivity index (χ3n) is 3.48. The van der Waals surface area contributed by atoms with Crippen LogP contribution in [0.25, 0.3) is 0 Å². The summed E-state index contributed by atoms with van der Waals surface area (Å²) in [4.78, 5) is 16.3. The normalized spacial score (nSPS) is 11.0. The van der Waals surface area contributed by atoms with Crippen LogP contribution in [0.3, 0.4) is 0 Å². The van der Waals surface area contributed by atoms with Crippen molar-refractivity contribution >= 4 is 17.9 Å². The van der Waals surface area contributed by atoms with Gasteiger partial charge in [-0.15, -0.1) is 0 Å². The molecule has 2 rings (SSSR count). The number of nitrogens with zero attached hydrogens (tertiary/aromatic N) is 2. The summed E-state index contributed by atoms with van der Waals surface area (Å²) in [5.41, 5.74) is 0.798. The molecule has 0 bridgehead atoms. The second-order valence-electron chi connectivity index (χ2n) is 5.65. The fourth-order valence-corrected chi connectivity index (χ4v) is 3.62. The van der Waals surface area contributed by atoms with E-state index in [-0.39, 0.29) is 12.5 Å². The van der Waals surface area contributed by atoms with Gasteiger partial charge >= 0.3 is 6.09 Å². The van der Waals surface area contributed by atoms with Crippen molar-refractivity contribution in [3.8, 4) is 0 Å². The number of hydrogen-bond donors (Lipinski definition) is 1. The number of ether oxygens (including phenoxy) is 1. The summed E-state index contributed by atoms with van der Waals surface area (Å²) in [7, 11) is 1.48. The smallest absolute Gasteiger partial charge is 0.407 e. The van der Waals surface area contributed by atoms with Gasteiger partial charge in [0.25, 0.3) is 0 Å². The molecule has 1 amide bonds. The zero-order valence-corrected chi connectivity index (χ0v) is 15.4. The van der Waals surface area contributed by atoms with Crippen molar-refractivity contribution in [2.24, 2.45) is 0 Å².